The lowest BCUT2D eigenvalue weighted by Crippen LogP contribution is -2.02. The van der Waals surface area contributed by atoms with E-state index < -0.39 is 5.97 Å². The van der Waals surface area contributed by atoms with Gasteiger partial charge in [-0.15, -0.1) is 11.3 Å². The van der Waals surface area contributed by atoms with Crippen LogP contribution < -0.4 is 9.47 Å². The Morgan fingerprint density at radius 2 is 1.60 bits per heavy atom. The molecule has 4 rings (SSSR count). The van der Waals surface area contributed by atoms with Gasteiger partial charge in [0.25, 0.3) is 0 Å². The SMILES string of the molecule is CCCCCc1c(CC(=O)O)c[nH]c1-c1nc(-c2ccc(OC)cc2)c(-c2ccc(OC)cc2)s1. The highest BCUT2D eigenvalue weighted by Crippen LogP contribution is 2.42. The molecule has 0 atom stereocenters. The highest BCUT2D eigenvalue weighted by atomic mass is 32.1. The van der Waals surface area contributed by atoms with E-state index in [1.807, 2.05) is 54.7 Å². The molecule has 0 bridgehead atoms. The molecule has 0 radical (unpaired) electrons. The van der Waals surface area contributed by atoms with Crippen molar-refractivity contribution in [2.24, 2.45) is 0 Å². The number of thiazole rings is 1. The Kier molecular flexibility index (Phi) is 7.87. The number of nitrogens with one attached hydrogen (secondary N) is 1. The first kappa shape index (κ1) is 24.5. The monoisotopic (exact) mass is 490 g/mol. The summed E-state index contributed by atoms with van der Waals surface area (Å²) in [6, 6.07) is 15.9. The predicted molar refractivity (Wildman–Crippen MR) is 140 cm³/mol. The van der Waals surface area contributed by atoms with Gasteiger partial charge in [0, 0.05) is 11.8 Å². The summed E-state index contributed by atoms with van der Waals surface area (Å²) in [4.78, 5) is 20.9. The topological polar surface area (TPSA) is 84.4 Å². The Bertz CT molecular complexity index is 1210. The predicted octanol–water partition coefficient (Wildman–Crippen LogP) is 6.85. The summed E-state index contributed by atoms with van der Waals surface area (Å²) < 4.78 is 10.7. The second-order valence-corrected chi connectivity index (χ2v) is 9.35. The van der Waals surface area contributed by atoms with Gasteiger partial charge in [-0.3, -0.25) is 4.79 Å². The van der Waals surface area contributed by atoms with Gasteiger partial charge in [-0.2, -0.15) is 0 Å². The molecule has 0 aliphatic carbocycles. The summed E-state index contributed by atoms with van der Waals surface area (Å²) in [5.41, 5.74) is 5.71. The number of H-pyrrole nitrogens is 1. The van der Waals surface area contributed by atoms with E-state index in [0.29, 0.717) is 0 Å². The van der Waals surface area contributed by atoms with Gasteiger partial charge >= 0.3 is 5.97 Å². The lowest BCUT2D eigenvalue weighted by atomic mass is 10.0. The van der Waals surface area contributed by atoms with Gasteiger partial charge in [0.1, 0.15) is 16.5 Å². The van der Waals surface area contributed by atoms with E-state index in [4.69, 9.17) is 14.5 Å². The normalized spacial score (nSPS) is 10.9. The van der Waals surface area contributed by atoms with Crippen LogP contribution in [0.3, 0.4) is 0 Å². The van der Waals surface area contributed by atoms with Crippen LogP contribution in [-0.4, -0.2) is 35.3 Å². The lowest BCUT2D eigenvalue weighted by Gasteiger charge is -2.05. The van der Waals surface area contributed by atoms with Crippen LogP contribution >= 0.6 is 11.3 Å². The average Bonchev–Trinajstić information content (AvgIpc) is 3.48. The Labute approximate surface area is 209 Å². The van der Waals surface area contributed by atoms with Crippen molar-refractivity contribution in [3.8, 4) is 43.9 Å². The third-order valence-electron chi connectivity index (χ3n) is 6.01. The standard InChI is InChI=1S/C28H30N2O4S/c1-4-5-6-7-23-20(16-24(31)32)17-29-26(23)28-30-25(18-8-12-21(33-2)13-9-18)27(35-28)19-10-14-22(34-3)15-11-19/h8-15,17,29H,4-7,16H2,1-3H3,(H,31,32). The molecule has 7 heteroatoms. The molecule has 4 aromatic rings. The van der Waals surface area contributed by atoms with Gasteiger partial charge in [-0.05, 0) is 78.1 Å². The summed E-state index contributed by atoms with van der Waals surface area (Å²) in [6.07, 6.45) is 5.87. The summed E-state index contributed by atoms with van der Waals surface area (Å²) in [7, 11) is 3.31. The van der Waals surface area contributed by atoms with E-state index in [0.717, 1.165) is 80.7 Å². The number of nitrogens with zero attached hydrogens (tertiary/aromatic N) is 1. The molecule has 2 aromatic heterocycles. The number of unbranched alkanes of at least 4 members (excludes halogenated alkanes) is 2. The van der Waals surface area contributed by atoms with Gasteiger partial charge in [0.05, 0.1) is 36.9 Å². The molecule has 2 aromatic carbocycles. The van der Waals surface area contributed by atoms with Crippen LogP contribution in [0.4, 0.5) is 0 Å². The zero-order chi connectivity index (χ0) is 24.8. The van der Waals surface area contributed by atoms with Crippen molar-refractivity contribution >= 4 is 17.3 Å². The van der Waals surface area contributed by atoms with E-state index in [1.54, 1.807) is 25.6 Å². The molecule has 0 unspecified atom stereocenters. The number of rotatable bonds is 11. The smallest absolute Gasteiger partial charge is 0.307 e. The van der Waals surface area contributed by atoms with Crippen LogP contribution in [0, 0.1) is 0 Å². The molecule has 0 amide bonds. The zero-order valence-electron chi connectivity index (χ0n) is 20.3. The minimum Gasteiger partial charge on any atom is -0.497 e. The maximum atomic E-state index is 11.5. The van der Waals surface area contributed by atoms with E-state index in [9.17, 15) is 9.90 Å². The Morgan fingerprint density at radius 3 is 2.17 bits per heavy atom. The Morgan fingerprint density at radius 1 is 0.971 bits per heavy atom. The number of carbonyl (C=O) groups is 1. The maximum absolute atomic E-state index is 11.5. The van der Waals surface area contributed by atoms with Crippen LogP contribution in [0.5, 0.6) is 11.5 Å². The highest BCUT2D eigenvalue weighted by Gasteiger charge is 2.21. The van der Waals surface area contributed by atoms with Crippen molar-refractivity contribution in [3.63, 3.8) is 0 Å². The maximum Gasteiger partial charge on any atom is 0.307 e. The zero-order valence-corrected chi connectivity index (χ0v) is 21.1. The second-order valence-electron chi connectivity index (χ2n) is 8.35. The molecule has 0 spiro atoms. The molecule has 6 nitrogen and oxygen atoms in total. The van der Waals surface area contributed by atoms with Gasteiger partial charge in [-0.1, -0.05) is 19.8 Å². The molecule has 0 aliphatic heterocycles. The Balaban J connectivity index is 1.83. The molecule has 0 fully saturated rings. The summed E-state index contributed by atoms with van der Waals surface area (Å²) >= 11 is 1.61. The third kappa shape index (κ3) is 5.57. The second kappa shape index (κ2) is 11.2. The fraction of sp³-hybridized carbons (Fsp3) is 0.286. The van der Waals surface area contributed by atoms with Crippen LogP contribution in [0.15, 0.2) is 54.7 Å². The van der Waals surface area contributed by atoms with Crippen molar-refractivity contribution < 1.29 is 19.4 Å². The highest BCUT2D eigenvalue weighted by molar-refractivity contribution is 7.19. The number of carboxylic acid groups (broad SMARTS) is 1. The quantitative estimate of drug-likeness (QED) is 0.225. The van der Waals surface area contributed by atoms with E-state index in [1.165, 1.54) is 0 Å². The van der Waals surface area contributed by atoms with Crippen molar-refractivity contribution in [2.45, 2.75) is 39.0 Å². The first-order chi connectivity index (χ1) is 17.0. The summed E-state index contributed by atoms with van der Waals surface area (Å²) in [6.45, 7) is 2.17. The molecule has 0 aliphatic rings. The minimum atomic E-state index is -0.829. The number of methoxy groups -OCH3 is 2. The largest absolute Gasteiger partial charge is 0.497 e. The van der Waals surface area contributed by atoms with Crippen LogP contribution in [-0.2, 0) is 17.6 Å². The molecule has 2 heterocycles. The molecule has 2 N–H and O–H groups in total. The molecule has 0 saturated carbocycles. The summed E-state index contributed by atoms with van der Waals surface area (Å²) in [5, 5.41) is 10.3. The molecule has 0 saturated heterocycles. The number of hydrogen-bond donors (Lipinski definition) is 2. The van der Waals surface area contributed by atoms with E-state index >= 15 is 0 Å². The first-order valence-corrected chi connectivity index (χ1v) is 12.6. The average molecular weight is 491 g/mol. The third-order valence-corrected chi connectivity index (χ3v) is 7.13. The number of aromatic amines is 1. The van der Waals surface area contributed by atoms with E-state index in [2.05, 4.69) is 11.9 Å². The van der Waals surface area contributed by atoms with Gasteiger partial charge < -0.3 is 19.6 Å². The number of ether oxygens (including phenoxy) is 2. The van der Waals surface area contributed by atoms with Crippen molar-refractivity contribution in [2.75, 3.05) is 14.2 Å². The van der Waals surface area contributed by atoms with Gasteiger partial charge in [-0.25, -0.2) is 4.98 Å². The molecular formula is C28H30N2O4S. The van der Waals surface area contributed by atoms with Gasteiger partial charge in [0.2, 0.25) is 0 Å². The van der Waals surface area contributed by atoms with Crippen molar-refractivity contribution in [3.05, 3.63) is 65.9 Å². The minimum absolute atomic E-state index is 0.00000755. The molecule has 182 valence electrons. The number of aromatic nitrogens is 2. The summed E-state index contributed by atoms with van der Waals surface area (Å²) in [5.74, 6) is 0.755. The van der Waals surface area contributed by atoms with Crippen molar-refractivity contribution in [1.82, 2.24) is 9.97 Å². The molecule has 35 heavy (non-hydrogen) atoms. The van der Waals surface area contributed by atoms with Crippen molar-refractivity contribution in [1.29, 1.82) is 0 Å². The Hall–Kier alpha value is -3.58. The lowest BCUT2D eigenvalue weighted by molar-refractivity contribution is -0.136. The molecular weight excluding hydrogens is 460 g/mol. The van der Waals surface area contributed by atoms with Crippen LogP contribution in [0.1, 0.15) is 37.3 Å². The number of hydrogen-bond acceptors (Lipinski definition) is 5. The fourth-order valence-electron chi connectivity index (χ4n) is 4.15. The number of aliphatic carboxylic acids is 1. The van der Waals surface area contributed by atoms with Crippen LogP contribution in [0.25, 0.3) is 32.4 Å². The number of benzene rings is 2. The number of carboxylic acids is 1. The van der Waals surface area contributed by atoms with Crippen LogP contribution in [0.2, 0.25) is 0 Å². The fourth-order valence-corrected chi connectivity index (χ4v) is 5.28. The first-order valence-electron chi connectivity index (χ1n) is 11.7. The van der Waals surface area contributed by atoms with E-state index in [-0.39, 0.29) is 6.42 Å². The van der Waals surface area contributed by atoms with Gasteiger partial charge in [0.15, 0.2) is 0 Å².